The van der Waals surface area contributed by atoms with Gasteiger partial charge in [-0.1, -0.05) is 59.6 Å². The van der Waals surface area contributed by atoms with Crippen LogP contribution in [0.25, 0.3) is 22.6 Å². The van der Waals surface area contributed by atoms with E-state index in [1.807, 2.05) is 43.3 Å². The highest BCUT2D eigenvalue weighted by atomic mass is 35.5. The smallest absolute Gasteiger partial charge is 0.265 e. The monoisotopic (exact) mass is 424 g/mol. The van der Waals surface area contributed by atoms with Crippen molar-refractivity contribution in [2.75, 3.05) is 4.90 Å². The number of imide groups is 1. The minimum absolute atomic E-state index is 0.303. The van der Waals surface area contributed by atoms with Crippen LogP contribution in [0.4, 0.5) is 5.69 Å². The molecule has 31 heavy (non-hydrogen) atoms. The number of para-hydroxylation sites is 1. The van der Waals surface area contributed by atoms with Crippen molar-refractivity contribution in [2.24, 2.45) is 0 Å². The molecular weight excluding hydrogens is 408 g/mol. The van der Waals surface area contributed by atoms with Crippen LogP contribution in [0.5, 0.6) is 0 Å². The average Bonchev–Trinajstić information content (AvgIpc) is 2.78. The molecule has 3 aromatic carbocycles. The molecule has 0 fully saturated rings. The van der Waals surface area contributed by atoms with Crippen molar-refractivity contribution in [3.05, 3.63) is 106 Å². The number of benzene rings is 3. The maximum absolute atomic E-state index is 13.5. The molecule has 2 amide bonds. The molecule has 5 heteroatoms. The fourth-order valence-electron chi connectivity index (χ4n) is 3.85. The second-order valence-corrected chi connectivity index (χ2v) is 7.81. The summed E-state index contributed by atoms with van der Waals surface area (Å²) in [4.78, 5) is 32.3. The van der Waals surface area contributed by atoms with E-state index in [0.29, 0.717) is 33.1 Å². The molecule has 4 nitrogen and oxygen atoms in total. The molecule has 0 spiro atoms. The minimum atomic E-state index is -0.393. The van der Waals surface area contributed by atoms with Gasteiger partial charge < -0.3 is 0 Å². The van der Waals surface area contributed by atoms with Crippen molar-refractivity contribution >= 4 is 51.7 Å². The minimum Gasteiger partial charge on any atom is -0.268 e. The lowest BCUT2D eigenvalue weighted by atomic mass is 9.91. The quantitative estimate of drug-likeness (QED) is 0.228. The van der Waals surface area contributed by atoms with Crippen molar-refractivity contribution < 1.29 is 9.59 Å². The molecule has 5 rings (SSSR count). The summed E-state index contributed by atoms with van der Waals surface area (Å²) in [6.07, 6.45) is 1.72. The maximum Gasteiger partial charge on any atom is 0.265 e. The third kappa shape index (κ3) is 3.31. The SMILES string of the molecule is Cc1ccc2nc(Cl)c(/C=C3\C(=O)N(c4ccccc4)C(=O)c4ccccc43)cc2c1. The molecule has 0 bridgehead atoms. The molecular formula is C26H17ClN2O2. The highest BCUT2D eigenvalue weighted by Gasteiger charge is 2.35. The summed E-state index contributed by atoms with van der Waals surface area (Å²) in [5, 5.41) is 1.24. The number of halogens is 1. The highest BCUT2D eigenvalue weighted by Crippen LogP contribution is 2.34. The average molecular weight is 425 g/mol. The first-order valence-electron chi connectivity index (χ1n) is 9.85. The van der Waals surface area contributed by atoms with E-state index in [9.17, 15) is 9.59 Å². The van der Waals surface area contributed by atoms with Crippen LogP contribution in [-0.4, -0.2) is 16.8 Å². The van der Waals surface area contributed by atoms with Gasteiger partial charge in [-0.2, -0.15) is 0 Å². The summed E-state index contributed by atoms with van der Waals surface area (Å²) in [7, 11) is 0. The van der Waals surface area contributed by atoms with Crippen molar-refractivity contribution in [1.82, 2.24) is 4.98 Å². The van der Waals surface area contributed by atoms with Crippen LogP contribution in [0.3, 0.4) is 0 Å². The number of fused-ring (bicyclic) bond motifs is 2. The lowest BCUT2D eigenvalue weighted by molar-refractivity contribution is -0.112. The van der Waals surface area contributed by atoms with Crippen LogP contribution in [0.1, 0.15) is 27.0 Å². The second kappa shape index (κ2) is 7.49. The number of hydrogen-bond acceptors (Lipinski definition) is 3. The molecule has 0 radical (unpaired) electrons. The van der Waals surface area contributed by atoms with Gasteiger partial charge in [-0.3, -0.25) is 9.59 Å². The Hall–Kier alpha value is -3.76. The summed E-state index contributed by atoms with van der Waals surface area (Å²) in [6, 6.07) is 23.9. The molecule has 0 atom stereocenters. The van der Waals surface area contributed by atoms with E-state index >= 15 is 0 Å². The third-order valence-corrected chi connectivity index (χ3v) is 5.65. The van der Waals surface area contributed by atoms with Crippen molar-refractivity contribution in [2.45, 2.75) is 6.92 Å². The Morgan fingerprint density at radius 2 is 1.55 bits per heavy atom. The Bertz CT molecular complexity index is 1390. The predicted molar refractivity (Wildman–Crippen MR) is 124 cm³/mol. The number of amides is 2. The zero-order valence-corrected chi connectivity index (χ0v) is 17.4. The van der Waals surface area contributed by atoms with Gasteiger partial charge in [0.2, 0.25) is 0 Å². The van der Waals surface area contributed by atoms with Gasteiger partial charge in [0.25, 0.3) is 11.8 Å². The molecule has 2 heterocycles. The Kier molecular flexibility index (Phi) is 4.64. The number of aromatic nitrogens is 1. The van der Waals surface area contributed by atoms with E-state index in [1.54, 1.807) is 48.5 Å². The number of pyridine rings is 1. The molecule has 0 aliphatic carbocycles. The van der Waals surface area contributed by atoms with Gasteiger partial charge in [0.1, 0.15) is 5.15 Å². The topological polar surface area (TPSA) is 50.3 Å². The maximum atomic E-state index is 13.5. The summed E-state index contributed by atoms with van der Waals surface area (Å²) >= 11 is 6.47. The molecule has 1 aromatic heterocycles. The fourth-order valence-corrected chi connectivity index (χ4v) is 4.05. The summed E-state index contributed by atoms with van der Waals surface area (Å²) in [5.74, 6) is -0.738. The number of carbonyl (C=O) groups is 2. The molecule has 0 unspecified atom stereocenters. The highest BCUT2D eigenvalue weighted by molar-refractivity contribution is 6.43. The molecule has 1 aliphatic rings. The Morgan fingerprint density at radius 1 is 0.839 bits per heavy atom. The van der Waals surface area contributed by atoms with E-state index in [4.69, 9.17) is 11.6 Å². The van der Waals surface area contributed by atoms with Gasteiger partial charge >= 0.3 is 0 Å². The van der Waals surface area contributed by atoms with E-state index < -0.39 is 5.91 Å². The van der Waals surface area contributed by atoms with Crippen LogP contribution in [-0.2, 0) is 4.79 Å². The second-order valence-electron chi connectivity index (χ2n) is 7.45. The van der Waals surface area contributed by atoms with E-state index in [0.717, 1.165) is 16.5 Å². The van der Waals surface area contributed by atoms with E-state index in [2.05, 4.69) is 4.98 Å². The zero-order valence-electron chi connectivity index (χ0n) is 16.7. The molecule has 4 aromatic rings. The number of nitrogens with zero attached hydrogens (tertiary/aromatic N) is 2. The van der Waals surface area contributed by atoms with Gasteiger partial charge in [-0.25, -0.2) is 9.88 Å². The Labute approximate surface area is 184 Å². The predicted octanol–water partition coefficient (Wildman–Crippen LogP) is 5.92. The largest absolute Gasteiger partial charge is 0.268 e. The first kappa shape index (κ1) is 19.2. The van der Waals surface area contributed by atoms with Gasteiger partial charge in [-0.15, -0.1) is 0 Å². The number of hydrogen-bond donors (Lipinski definition) is 0. The van der Waals surface area contributed by atoms with Crippen LogP contribution in [0, 0.1) is 6.92 Å². The van der Waals surface area contributed by atoms with Gasteiger partial charge in [0, 0.05) is 22.1 Å². The molecule has 1 aliphatic heterocycles. The van der Waals surface area contributed by atoms with E-state index in [-0.39, 0.29) is 5.91 Å². The van der Waals surface area contributed by atoms with Crippen molar-refractivity contribution in [1.29, 1.82) is 0 Å². The fraction of sp³-hybridized carbons (Fsp3) is 0.0385. The number of rotatable bonds is 2. The summed E-state index contributed by atoms with van der Waals surface area (Å²) < 4.78 is 0. The first-order chi connectivity index (χ1) is 15.0. The standard InChI is InChI=1S/C26H17ClN2O2/c1-16-11-12-23-17(13-16)14-18(24(27)28-23)15-22-20-9-5-6-10-21(20)25(30)29(26(22)31)19-7-3-2-4-8-19/h2-15H,1H3/b22-15-. The summed E-state index contributed by atoms with van der Waals surface area (Å²) in [5.41, 5.74) is 4.50. The molecule has 0 N–H and O–H groups in total. The van der Waals surface area contributed by atoms with Gasteiger partial charge in [0.15, 0.2) is 0 Å². The molecule has 0 saturated heterocycles. The van der Waals surface area contributed by atoms with Crippen LogP contribution in [0.2, 0.25) is 5.15 Å². The van der Waals surface area contributed by atoms with Crippen molar-refractivity contribution in [3.63, 3.8) is 0 Å². The lowest BCUT2D eigenvalue weighted by Crippen LogP contribution is -2.41. The van der Waals surface area contributed by atoms with E-state index in [1.165, 1.54) is 4.90 Å². The number of anilines is 1. The van der Waals surface area contributed by atoms with Gasteiger partial charge in [0.05, 0.1) is 11.2 Å². The van der Waals surface area contributed by atoms with Crippen LogP contribution < -0.4 is 4.90 Å². The summed E-state index contributed by atoms with van der Waals surface area (Å²) in [6.45, 7) is 2.01. The number of carbonyl (C=O) groups excluding carboxylic acids is 2. The lowest BCUT2D eigenvalue weighted by Gasteiger charge is -2.28. The normalized spacial score (nSPS) is 14.9. The molecule has 0 saturated carbocycles. The van der Waals surface area contributed by atoms with Crippen molar-refractivity contribution in [3.8, 4) is 0 Å². The van der Waals surface area contributed by atoms with Crippen LogP contribution in [0.15, 0.2) is 78.9 Å². The molecule has 150 valence electrons. The zero-order chi connectivity index (χ0) is 21.5. The van der Waals surface area contributed by atoms with Gasteiger partial charge in [-0.05, 0) is 55.0 Å². The van der Waals surface area contributed by atoms with Crippen LogP contribution >= 0.6 is 11.6 Å². The third-order valence-electron chi connectivity index (χ3n) is 5.35. The number of aryl methyl sites for hydroxylation is 1. The Balaban J connectivity index is 1.72. The Morgan fingerprint density at radius 3 is 2.32 bits per heavy atom. The first-order valence-corrected chi connectivity index (χ1v) is 10.2.